The largest absolute Gasteiger partial charge is 0.494 e. The molecule has 1 aliphatic heterocycles. The van der Waals surface area contributed by atoms with E-state index in [0.717, 1.165) is 11.1 Å². The first-order chi connectivity index (χ1) is 14.3. The van der Waals surface area contributed by atoms with Gasteiger partial charge in [-0.05, 0) is 68.3 Å². The Hall–Kier alpha value is -2.58. The van der Waals surface area contributed by atoms with Crippen LogP contribution in [0.5, 0.6) is 11.5 Å². The van der Waals surface area contributed by atoms with Crippen molar-refractivity contribution in [1.82, 2.24) is 9.21 Å². The minimum Gasteiger partial charge on any atom is -0.494 e. The molecule has 30 heavy (non-hydrogen) atoms. The summed E-state index contributed by atoms with van der Waals surface area (Å²) in [5.41, 5.74) is 2.15. The van der Waals surface area contributed by atoms with Crippen molar-refractivity contribution >= 4 is 15.9 Å². The lowest BCUT2D eigenvalue weighted by atomic mass is 10.1. The van der Waals surface area contributed by atoms with Crippen LogP contribution in [0.25, 0.3) is 0 Å². The first-order valence-corrected chi connectivity index (χ1v) is 11.5. The first kappa shape index (κ1) is 22.1. The number of piperazine rings is 1. The van der Waals surface area contributed by atoms with Crippen molar-refractivity contribution in [1.29, 1.82) is 0 Å². The smallest absolute Gasteiger partial charge is 0.260 e. The second kappa shape index (κ2) is 9.49. The number of benzene rings is 2. The lowest BCUT2D eigenvalue weighted by molar-refractivity contribution is -0.134. The molecule has 0 aliphatic carbocycles. The van der Waals surface area contributed by atoms with Gasteiger partial charge in [-0.3, -0.25) is 4.79 Å². The highest BCUT2D eigenvalue weighted by atomic mass is 32.2. The van der Waals surface area contributed by atoms with Gasteiger partial charge in [0.05, 0.1) is 11.5 Å². The summed E-state index contributed by atoms with van der Waals surface area (Å²) in [6.07, 6.45) is 0. The van der Waals surface area contributed by atoms with Gasteiger partial charge >= 0.3 is 0 Å². The Morgan fingerprint density at radius 2 is 1.50 bits per heavy atom. The van der Waals surface area contributed by atoms with Crippen LogP contribution in [-0.4, -0.2) is 62.9 Å². The topological polar surface area (TPSA) is 76.2 Å². The fourth-order valence-corrected chi connectivity index (χ4v) is 4.88. The number of sulfonamides is 1. The quantitative estimate of drug-likeness (QED) is 0.672. The summed E-state index contributed by atoms with van der Waals surface area (Å²) in [6.45, 7) is 7.48. The van der Waals surface area contributed by atoms with Gasteiger partial charge in [0.25, 0.3) is 5.91 Å². The fourth-order valence-electron chi connectivity index (χ4n) is 3.45. The number of nitrogens with zero attached hydrogens (tertiary/aromatic N) is 2. The predicted octanol–water partition coefficient (Wildman–Crippen LogP) is 2.61. The fraction of sp³-hybridized carbons (Fsp3) is 0.409. The second-order valence-corrected chi connectivity index (χ2v) is 9.24. The van der Waals surface area contributed by atoms with Crippen molar-refractivity contribution in [2.45, 2.75) is 25.7 Å². The summed E-state index contributed by atoms with van der Waals surface area (Å²) in [6, 6.07) is 12.2. The third-order valence-corrected chi connectivity index (χ3v) is 6.83. The van der Waals surface area contributed by atoms with Crippen LogP contribution in [0.15, 0.2) is 47.4 Å². The Balaban J connectivity index is 1.54. The Bertz CT molecular complexity index is 961. The van der Waals surface area contributed by atoms with Gasteiger partial charge in [0.1, 0.15) is 11.5 Å². The minimum atomic E-state index is -3.60. The molecule has 2 aromatic rings. The molecular formula is C22H28N2O5S. The zero-order valence-corrected chi connectivity index (χ0v) is 18.4. The van der Waals surface area contributed by atoms with Crippen LogP contribution in [-0.2, 0) is 14.8 Å². The third kappa shape index (κ3) is 5.31. The molecule has 0 aromatic heterocycles. The number of aryl methyl sites for hydroxylation is 2. The SMILES string of the molecule is CCOc1ccc(S(=O)(=O)N2CCN(C(=O)COc3cc(C)cc(C)c3)CC2)cc1. The van der Waals surface area contributed by atoms with E-state index in [4.69, 9.17) is 9.47 Å². The monoisotopic (exact) mass is 432 g/mol. The standard InChI is InChI=1S/C22H28N2O5S/c1-4-28-19-5-7-21(8-6-19)30(26,27)24-11-9-23(10-12-24)22(25)16-29-20-14-17(2)13-18(3)15-20/h5-8,13-15H,4,9-12,16H2,1-3H3. The molecule has 1 aliphatic rings. The summed E-state index contributed by atoms with van der Waals surface area (Å²) >= 11 is 0. The van der Waals surface area contributed by atoms with Gasteiger partial charge in [0.15, 0.2) is 6.61 Å². The van der Waals surface area contributed by atoms with Crippen molar-refractivity contribution in [2.24, 2.45) is 0 Å². The maximum Gasteiger partial charge on any atom is 0.260 e. The molecule has 7 nitrogen and oxygen atoms in total. The van der Waals surface area contributed by atoms with Crippen molar-refractivity contribution in [3.8, 4) is 11.5 Å². The zero-order valence-electron chi connectivity index (χ0n) is 17.6. The zero-order chi connectivity index (χ0) is 21.7. The van der Waals surface area contributed by atoms with E-state index in [1.54, 1.807) is 29.2 Å². The molecule has 8 heteroatoms. The van der Waals surface area contributed by atoms with E-state index in [1.165, 1.54) is 4.31 Å². The van der Waals surface area contributed by atoms with Gasteiger partial charge in [-0.25, -0.2) is 8.42 Å². The van der Waals surface area contributed by atoms with Gasteiger partial charge in [-0.1, -0.05) is 6.07 Å². The van der Waals surface area contributed by atoms with E-state index in [-0.39, 0.29) is 30.5 Å². The van der Waals surface area contributed by atoms with E-state index >= 15 is 0 Å². The number of carbonyl (C=O) groups is 1. The highest BCUT2D eigenvalue weighted by Gasteiger charge is 2.30. The maximum atomic E-state index is 12.9. The molecule has 3 rings (SSSR count). The molecule has 0 bridgehead atoms. The van der Waals surface area contributed by atoms with Crippen molar-refractivity contribution in [2.75, 3.05) is 39.4 Å². The summed E-state index contributed by atoms with van der Waals surface area (Å²) in [5.74, 6) is 1.15. The summed E-state index contributed by atoms with van der Waals surface area (Å²) in [4.78, 5) is 14.4. The van der Waals surface area contributed by atoms with Crippen LogP contribution in [0.2, 0.25) is 0 Å². The van der Waals surface area contributed by atoms with Crippen LogP contribution in [0.3, 0.4) is 0 Å². The molecule has 1 saturated heterocycles. The molecule has 162 valence electrons. The predicted molar refractivity (Wildman–Crippen MR) is 114 cm³/mol. The Kier molecular flexibility index (Phi) is 6.99. The van der Waals surface area contributed by atoms with Crippen molar-refractivity contribution < 1.29 is 22.7 Å². The van der Waals surface area contributed by atoms with E-state index in [0.29, 0.717) is 31.2 Å². The van der Waals surface area contributed by atoms with Gasteiger partial charge in [0, 0.05) is 26.2 Å². The van der Waals surface area contributed by atoms with Gasteiger partial charge in [0.2, 0.25) is 10.0 Å². The number of hydrogen-bond acceptors (Lipinski definition) is 5. The number of rotatable bonds is 7. The molecule has 0 spiro atoms. The van der Waals surface area contributed by atoms with Crippen LogP contribution in [0.1, 0.15) is 18.1 Å². The molecule has 1 heterocycles. The summed E-state index contributed by atoms with van der Waals surface area (Å²) in [7, 11) is -3.60. The van der Waals surface area contributed by atoms with E-state index in [2.05, 4.69) is 0 Å². The van der Waals surface area contributed by atoms with Gasteiger partial charge < -0.3 is 14.4 Å². The highest BCUT2D eigenvalue weighted by molar-refractivity contribution is 7.89. The second-order valence-electron chi connectivity index (χ2n) is 7.30. The summed E-state index contributed by atoms with van der Waals surface area (Å²) in [5, 5.41) is 0. The average molecular weight is 433 g/mol. The molecule has 0 atom stereocenters. The van der Waals surface area contributed by atoms with Crippen LogP contribution in [0.4, 0.5) is 0 Å². The van der Waals surface area contributed by atoms with Crippen LogP contribution in [0, 0.1) is 13.8 Å². The Labute approximate surface area is 178 Å². The van der Waals surface area contributed by atoms with Gasteiger partial charge in [-0.15, -0.1) is 0 Å². The summed E-state index contributed by atoms with van der Waals surface area (Å²) < 4.78 is 38.1. The Morgan fingerprint density at radius 1 is 0.900 bits per heavy atom. The highest BCUT2D eigenvalue weighted by Crippen LogP contribution is 2.21. The van der Waals surface area contributed by atoms with E-state index in [9.17, 15) is 13.2 Å². The van der Waals surface area contributed by atoms with E-state index < -0.39 is 10.0 Å². The maximum absolute atomic E-state index is 12.9. The lowest BCUT2D eigenvalue weighted by Gasteiger charge is -2.34. The molecule has 1 fully saturated rings. The molecule has 0 radical (unpaired) electrons. The van der Waals surface area contributed by atoms with E-state index in [1.807, 2.05) is 39.0 Å². The molecule has 0 saturated carbocycles. The number of amides is 1. The van der Waals surface area contributed by atoms with Crippen LogP contribution < -0.4 is 9.47 Å². The Morgan fingerprint density at radius 3 is 2.07 bits per heavy atom. The first-order valence-electron chi connectivity index (χ1n) is 10.0. The van der Waals surface area contributed by atoms with Gasteiger partial charge in [-0.2, -0.15) is 4.31 Å². The number of ether oxygens (including phenoxy) is 2. The minimum absolute atomic E-state index is 0.0610. The molecule has 0 N–H and O–H groups in total. The normalized spacial score (nSPS) is 15.1. The average Bonchev–Trinajstić information content (AvgIpc) is 2.72. The van der Waals surface area contributed by atoms with Crippen molar-refractivity contribution in [3.05, 3.63) is 53.6 Å². The molecular weight excluding hydrogens is 404 g/mol. The lowest BCUT2D eigenvalue weighted by Crippen LogP contribution is -2.51. The van der Waals surface area contributed by atoms with Crippen molar-refractivity contribution in [3.63, 3.8) is 0 Å². The molecule has 2 aromatic carbocycles. The molecule has 0 unspecified atom stereocenters. The number of hydrogen-bond donors (Lipinski definition) is 0. The van der Waals surface area contributed by atoms with Crippen LogP contribution >= 0.6 is 0 Å². The molecule has 1 amide bonds. The third-order valence-electron chi connectivity index (χ3n) is 4.92. The number of carbonyl (C=O) groups excluding carboxylic acids is 1.